The number of likely N-dealkylation sites (tertiary alicyclic amines) is 1. The first-order chi connectivity index (χ1) is 15.8. The number of carbonyl (C=O) groups excluding carboxylic acids is 2. The van der Waals surface area contributed by atoms with Gasteiger partial charge in [0.2, 0.25) is 5.91 Å². The van der Waals surface area contributed by atoms with Crippen molar-refractivity contribution in [3.8, 4) is 0 Å². The number of sulfonamides is 1. The lowest BCUT2D eigenvalue weighted by molar-refractivity contribution is -0.119. The first kappa shape index (κ1) is 22.5. The smallest absolute Gasteiger partial charge is 0.261 e. The summed E-state index contributed by atoms with van der Waals surface area (Å²) >= 11 is 0. The Hall–Kier alpha value is -3.65. The number of benzene rings is 3. The highest BCUT2D eigenvalue weighted by Crippen LogP contribution is 2.23. The fraction of sp³-hybridized carbons (Fsp3) is 0.200. The van der Waals surface area contributed by atoms with E-state index in [1.165, 1.54) is 24.3 Å². The summed E-state index contributed by atoms with van der Waals surface area (Å²) < 4.78 is 27.9. The molecule has 3 aromatic carbocycles. The van der Waals surface area contributed by atoms with Crippen LogP contribution in [0, 0.1) is 6.92 Å². The van der Waals surface area contributed by atoms with Crippen LogP contribution in [0.5, 0.6) is 0 Å². The molecule has 0 saturated carbocycles. The van der Waals surface area contributed by atoms with Crippen molar-refractivity contribution < 1.29 is 18.0 Å². The number of carbonyl (C=O) groups is 2. The average Bonchev–Trinajstić information content (AvgIpc) is 3.31. The van der Waals surface area contributed by atoms with E-state index >= 15 is 0 Å². The lowest BCUT2D eigenvalue weighted by Crippen LogP contribution is -2.43. The minimum Gasteiger partial charge on any atom is -0.327 e. The van der Waals surface area contributed by atoms with Crippen molar-refractivity contribution in [1.82, 2.24) is 4.90 Å². The van der Waals surface area contributed by atoms with Crippen LogP contribution in [0.4, 0.5) is 11.4 Å². The van der Waals surface area contributed by atoms with Crippen molar-refractivity contribution in [2.75, 3.05) is 16.6 Å². The van der Waals surface area contributed by atoms with Crippen LogP contribution in [0.2, 0.25) is 0 Å². The third kappa shape index (κ3) is 5.23. The number of amides is 2. The van der Waals surface area contributed by atoms with Gasteiger partial charge < -0.3 is 10.2 Å². The second-order valence-electron chi connectivity index (χ2n) is 8.01. The number of anilines is 2. The van der Waals surface area contributed by atoms with Gasteiger partial charge in [-0.3, -0.25) is 14.3 Å². The maximum absolute atomic E-state index is 13.1. The largest absolute Gasteiger partial charge is 0.327 e. The van der Waals surface area contributed by atoms with Crippen LogP contribution >= 0.6 is 0 Å². The molecule has 0 bridgehead atoms. The summed E-state index contributed by atoms with van der Waals surface area (Å²) in [5.41, 5.74) is 2.50. The molecule has 0 aromatic heterocycles. The zero-order valence-corrected chi connectivity index (χ0v) is 19.0. The SMILES string of the molecule is Cc1ccc(NS(=O)(=O)c2ccc(C(=O)N3CCCC3C(=O)Nc3ccccc3)cc2)cc1. The standard InChI is InChI=1S/C25H25N3O4S/c1-18-9-13-21(14-10-18)27-33(31,32)22-15-11-19(12-16-22)25(30)28-17-5-8-23(28)24(29)26-20-6-3-2-4-7-20/h2-4,6-7,9-16,23,27H,5,8,17H2,1H3,(H,26,29). The van der Waals surface area contributed by atoms with E-state index in [0.29, 0.717) is 29.9 Å². The molecule has 1 atom stereocenters. The van der Waals surface area contributed by atoms with Crippen molar-refractivity contribution in [1.29, 1.82) is 0 Å². The van der Waals surface area contributed by atoms with E-state index in [0.717, 1.165) is 12.0 Å². The summed E-state index contributed by atoms with van der Waals surface area (Å²) in [6.45, 7) is 2.39. The van der Waals surface area contributed by atoms with Crippen molar-refractivity contribution >= 4 is 33.2 Å². The van der Waals surface area contributed by atoms with Crippen LogP contribution in [0.15, 0.2) is 83.8 Å². The fourth-order valence-corrected chi connectivity index (χ4v) is 4.87. The molecule has 7 nitrogen and oxygen atoms in total. The van der Waals surface area contributed by atoms with Gasteiger partial charge in [0.1, 0.15) is 6.04 Å². The predicted octanol–water partition coefficient (Wildman–Crippen LogP) is 4.04. The summed E-state index contributed by atoms with van der Waals surface area (Å²) in [4.78, 5) is 27.4. The van der Waals surface area contributed by atoms with Gasteiger partial charge in [-0.05, 0) is 68.3 Å². The highest BCUT2D eigenvalue weighted by atomic mass is 32.2. The van der Waals surface area contributed by atoms with Gasteiger partial charge in [-0.15, -0.1) is 0 Å². The second-order valence-corrected chi connectivity index (χ2v) is 9.69. The Labute approximate surface area is 193 Å². The van der Waals surface area contributed by atoms with Gasteiger partial charge >= 0.3 is 0 Å². The molecule has 33 heavy (non-hydrogen) atoms. The summed E-state index contributed by atoms with van der Waals surface area (Å²) in [5.74, 6) is -0.523. The zero-order chi connectivity index (χ0) is 23.4. The van der Waals surface area contributed by atoms with Crippen molar-refractivity contribution in [3.63, 3.8) is 0 Å². The van der Waals surface area contributed by atoms with E-state index in [1.807, 2.05) is 37.3 Å². The molecule has 2 amide bonds. The van der Waals surface area contributed by atoms with Crippen LogP contribution in [0.25, 0.3) is 0 Å². The van der Waals surface area contributed by atoms with E-state index in [9.17, 15) is 18.0 Å². The molecule has 2 N–H and O–H groups in total. The summed E-state index contributed by atoms with van der Waals surface area (Å²) in [6.07, 6.45) is 1.31. The molecule has 8 heteroatoms. The third-order valence-corrected chi connectivity index (χ3v) is 6.97. The van der Waals surface area contributed by atoms with Gasteiger partial charge in [-0.1, -0.05) is 35.9 Å². The molecule has 1 heterocycles. The lowest BCUT2D eigenvalue weighted by Gasteiger charge is -2.24. The van der Waals surface area contributed by atoms with Crippen LogP contribution in [0.1, 0.15) is 28.8 Å². The van der Waals surface area contributed by atoms with Gasteiger partial charge in [-0.2, -0.15) is 0 Å². The molecule has 1 fully saturated rings. The van der Waals surface area contributed by atoms with Crippen molar-refractivity contribution in [2.24, 2.45) is 0 Å². The number of hydrogen-bond acceptors (Lipinski definition) is 4. The number of rotatable bonds is 6. The maximum Gasteiger partial charge on any atom is 0.261 e. The number of nitrogens with zero attached hydrogens (tertiary/aromatic N) is 1. The number of aryl methyl sites for hydroxylation is 1. The molecule has 4 rings (SSSR count). The Morgan fingerprint density at radius 1 is 0.879 bits per heavy atom. The molecule has 170 valence electrons. The number of nitrogens with one attached hydrogen (secondary N) is 2. The normalized spacial score (nSPS) is 15.8. The maximum atomic E-state index is 13.1. The summed E-state index contributed by atoms with van der Waals surface area (Å²) in [6, 6.07) is 21.3. The van der Waals surface area contributed by atoms with Gasteiger partial charge in [0.15, 0.2) is 0 Å². The summed E-state index contributed by atoms with van der Waals surface area (Å²) in [5, 5.41) is 2.86. The van der Waals surface area contributed by atoms with E-state index in [4.69, 9.17) is 0 Å². The molecular formula is C25H25N3O4S. The Kier molecular flexibility index (Phi) is 6.46. The monoisotopic (exact) mass is 463 g/mol. The molecule has 0 spiro atoms. The Balaban J connectivity index is 1.46. The van der Waals surface area contributed by atoms with Crippen molar-refractivity contribution in [3.05, 3.63) is 90.0 Å². The van der Waals surface area contributed by atoms with Crippen LogP contribution in [0.3, 0.4) is 0 Å². The first-order valence-electron chi connectivity index (χ1n) is 10.7. The minimum atomic E-state index is -3.79. The van der Waals surface area contributed by atoms with Gasteiger partial charge in [0.25, 0.3) is 15.9 Å². The molecule has 0 aliphatic carbocycles. The predicted molar refractivity (Wildman–Crippen MR) is 128 cm³/mol. The number of para-hydroxylation sites is 1. The molecular weight excluding hydrogens is 438 g/mol. The molecule has 3 aromatic rings. The Bertz CT molecular complexity index is 1240. The van der Waals surface area contributed by atoms with Gasteiger partial charge in [0.05, 0.1) is 4.90 Å². The highest BCUT2D eigenvalue weighted by Gasteiger charge is 2.34. The summed E-state index contributed by atoms with van der Waals surface area (Å²) in [7, 11) is -3.79. The van der Waals surface area contributed by atoms with Gasteiger partial charge in [0, 0.05) is 23.5 Å². The quantitative estimate of drug-likeness (QED) is 0.577. The second kappa shape index (κ2) is 9.46. The molecule has 1 saturated heterocycles. The van der Waals surface area contributed by atoms with Crippen LogP contribution < -0.4 is 10.0 Å². The van der Waals surface area contributed by atoms with E-state index in [1.54, 1.807) is 29.2 Å². The third-order valence-electron chi connectivity index (χ3n) is 5.57. The van der Waals surface area contributed by atoms with Crippen molar-refractivity contribution in [2.45, 2.75) is 30.7 Å². The van der Waals surface area contributed by atoms with E-state index < -0.39 is 16.1 Å². The zero-order valence-electron chi connectivity index (χ0n) is 18.2. The van der Waals surface area contributed by atoms with E-state index in [-0.39, 0.29) is 16.7 Å². The van der Waals surface area contributed by atoms with Crippen LogP contribution in [-0.4, -0.2) is 37.7 Å². The van der Waals surface area contributed by atoms with E-state index in [2.05, 4.69) is 10.0 Å². The topological polar surface area (TPSA) is 95.6 Å². The fourth-order valence-electron chi connectivity index (χ4n) is 3.81. The number of hydrogen-bond donors (Lipinski definition) is 2. The Morgan fingerprint density at radius 2 is 1.55 bits per heavy atom. The highest BCUT2D eigenvalue weighted by molar-refractivity contribution is 7.92. The lowest BCUT2D eigenvalue weighted by atomic mass is 10.1. The minimum absolute atomic E-state index is 0.0550. The molecule has 0 radical (unpaired) electrons. The average molecular weight is 464 g/mol. The first-order valence-corrected chi connectivity index (χ1v) is 12.2. The van der Waals surface area contributed by atoms with Crippen LogP contribution in [-0.2, 0) is 14.8 Å². The molecule has 1 aliphatic heterocycles. The molecule has 1 aliphatic rings. The Morgan fingerprint density at radius 3 is 2.21 bits per heavy atom. The van der Waals surface area contributed by atoms with Gasteiger partial charge in [-0.25, -0.2) is 8.42 Å². The molecule has 1 unspecified atom stereocenters.